The van der Waals surface area contributed by atoms with Crippen molar-refractivity contribution < 1.29 is 14.3 Å². The Bertz CT molecular complexity index is 850. The third-order valence-electron chi connectivity index (χ3n) is 3.44. The average molecular weight is 483 g/mol. The van der Waals surface area contributed by atoms with Crippen LogP contribution >= 0.6 is 46.6 Å². The molecule has 0 spiro atoms. The molecule has 0 saturated carbocycles. The summed E-state index contributed by atoms with van der Waals surface area (Å²) < 4.78 is 12.9. The van der Waals surface area contributed by atoms with Gasteiger partial charge in [-0.15, -0.1) is 0 Å². The van der Waals surface area contributed by atoms with Crippen molar-refractivity contribution in [1.82, 2.24) is 5.32 Å². The Morgan fingerprint density at radius 3 is 2.60 bits per heavy atom. The molecule has 0 atom stereocenters. The normalized spacial score (nSPS) is 15.4. The Morgan fingerprint density at radius 2 is 1.96 bits per heavy atom. The number of thiocarbonyl (C=S) groups is 1. The van der Waals surface area contributed by atoms with Crippen LogP contribution in [0.5, 0.6) is 11.5 Å². The van der Waals surface area contributed by atoms with Crippen LogP contribution in [0.4, 0.5) is 0 Å². The number of nitrogens with one attached hydrogen (secondary N) is 1. The molecule has 4 nitrogen and oxygen atoms in total. The van der Waals surface area contributed by atoms with E-state index in [2.05, 4.69) is 27.9 Å². The topological polar surface area (TPSA) is 47.6 Å². The first-order valence-corrected chi connectivity index (χ1v) is 9.65. The van der Waals surface area contributed by atoms with Crippen LogP contribution in [-0.2, 0) is 11.4 Å². The summed E-state index contributed by atoms with van der Waals surface area (Å²) in [5.41, 5.74) is 1.93. The number of hydrogen-bond donors (Lipinski definition) is 1. The Morgan fingerprint density at radius 1 is 1.20 bits per heavy atom. The van der Waals surface area contributed by atoms with Crippen LogP contribution in [0.1, 0.15) is 11.1 Å². The van der Waals surface area contributed by atoms with Crippen molar-refractivity contribution in [3.8, 4) is 11.5 Å². The molecule has 0 bridgehead atoms. The molecule has 1 N–H and O–H groups in total. The maximum atomic E-state index is 11.7. The summed E-state index contributed by atoms with van der Waals surface area (Å²) in [5, 5.41) is 2.60. The Kier molecular flexibility index (Phi) is 5.98. The van der Waals surface area contributed by atoms with E-state index in [9.17, 15) is 4.79 Å². The second kappa shape index (κ2) is 8.20. The number of carbonyl (C=O) groups excluding carboxylic acids is 1. The van der Waals surface area contributed by atoms with Gasteiger partial charge in [0.1, 0.15) is 10.9 Å². The quantitative estimate of drug-likeness (QED) is 0.389. The van der Waals surface area contributed by atoms with Gasteiger partial charge in [0, 0.05) is 3.57 Å². The third kappa shape index (κ3) is 4.74. The highest BCUT2D eigenvalue weighted by atomic mass is 127. The second-order valence-electron chi connectivity index (χ2n) is 5.18. The molecule has 7 heteroatoms. The van der Waals surface area contributed by atoms with E-state index < -0.39 is 0 Å². The first kappa shape index (κ1) is 18.2. The summed E-state index contributed by atoms with van der Waals surface area (Å²) in [6.07, 6.45) is 1.78. The molecule has 2 aromatic carbocycles. The van der Waals surface area contributed by atoms with E-state index in [-0.39, 0.29) is 5.91 Å². The van der Waals surface area contributed by atoms with Crippen molar-refractivity contribution in [2.24, 2.45) is 0 Å². The predicted molar refractivity (Wildman–Crippen MR) is 113 cm³/mol. The number of amides is 1. The molecule has 0 aliphatic carbocycles. The van der Waals surface area contributed by atoms with Crippen LogP contribution in [0.2, 0.25) is 0 Å². The first-order chi connectivity index (χ1) is 12.0. The molecule has 25 heavy (non-hydrogen) atoms. The van der Waals surface area contributed by atoms with Gasteiger partial charge in [-0.05, 0) is 64.1 Å². The van der Waals surface area contributed by atoms with Crippen molar-refractivity contribution in [1.29, 1.82) is 0 Å². The highest BCUT2D eigenvalue weighted by molar-refractivity contribution is 14.1. The number of benzene rings is 2. The summed E-state index contributed by atoms with van der Waals surface area (Å²) in [4.78, 5) is 12.3. The summed E-state index contributed by atoms with van der Waals surface area (Å²) >= 11 is 8.52. The van der Waals surface area contributed by atoms with E-state index in [1.165, 1.54) is 15.3 Å². The van der Waals surface area contributed by atoms with Gasteiger partial charge in [0.2, 0.25) is 0 Å². The minimum Gasteiger partial charge on any atom is -0.493 e. The zero-order valence-electron chi connectivity index (χ0n) is 13.2. The molecule has 1 heterocycles. The van der Waals surface area contributed by atoms with Crippen molar-refractivity contribution in [3.63, 3.8) is 0 Å². The fraction of sp³-hybridized carbons (Fsp3) is 0.111. The highest BCUT2D eigenvalue weighted by Gasteiger charge is 2.22. The van der Waals surface area contributed by atoms with Crippen molar-refractivity contribution in [2.75, 3.05) is 7.11 Å². The van der Waals surface area contributed by atoms with Gasteiger partial charge in [-0.25, -0.2) is 0 Å². The zero-order chi connectivity index (χ0) is 17.8. The van der Waals surface area contributed by atoms with E-state index in [0.29, 0.717) is 27.3 Å². The van der Waals surface area contributed by atoms with Crippen LogP contribution in [0.25, 0.3) is 6.08 Å². The lowest BCUT2D eigenvalue weighted by atomic mass is 10.2. The molecule has 2 aromatic rings. The molecule has 0 aromatic heterocycles. The van der Waals surface area contributed by atoms with Gasteiger partial charge >= 0.3 is 0 Å². The predicted octanol–water partition coefficient (Wildman–Crippen LogP) is 4.37. The van der Waals surface area contributed by atoms with E-state index in [1.54, 1.807) is 13.2 Å². The highest BCUT2D eigenvalue weighted by Crippen LogP contribution is 2.32. The standard InChI is InChI=1S/C18H14INO3S2/c1-22-15-8-12(9-16-17(21)20-18(24)25-16)4-7-14(15)23-10-11-2-5-13(19)6-3-11/h2-9H,10H2,1H3,(H,20,21,24)/b16-9-. The Hall–Kier alpha value is -1.58. The van der Waals surface area contributed by atoms with E-state index in [0.717, 1.165) is 11.1 Å². The SMILES string of the molecule is COc1cc(/C=C2\SC(=S)NC2=O)ccc1OCc1ccc(I)cc1. The number of halogens is 1. The van der Waals surface area contributed by atoms with Crippen LogP contribution in [0.15, 0.2) is 47.4 Å². The molecule has 0 unspecified atom stereocenters. The lowest BCUT2D eigenvalue weighted by Crippen LogP contribution is -2.17. The molecule has 1 fully saturated rings. The van der Waals surface area contributed by atoms with Crippen LogP contribution in [0, 0.1) is 3.57 Å². The van der Waals surface area contributed by atoms with Crippen molar-refractivity contribution >= 4 is 62.9 Å². The van der Waals surface area contributed by atoms with Crippen molar-refractivity contribution in [3.05, 3.63) is 62.1 Å². The molecule has 1 aliphatic heterocycles. The molecule has 128 valence electrons. The second-order valence-corrected chi connectivity index (χ2v) is 8.14. The molecular weight excluding hydrogens is 469 g/mol. The molecular formula is C18H14INO3S2. The lowest BCUT2D eigenvalue weighted by molar-refractivity contribution is -0.115. The molecule has 3 rings (SSSR count). The van der Waals surface area contributed by atoms with Gasteiger partial charge < -0.3 is 14.8 Å². The third-order valence-corrected chi connectivity index (χ3v) is 5.32. The first-order valence-electron chi connectivity index (χ1n) is 7.35. The number of rotatable bonds is 5. The Labute approximate surface area is 169 Å². The van der Waals surface area contributed by atoms with Crippen LogP contribution in [-0.4, -0.2) is 17.3 Å². The summed E-state index contributed by atoms with van der Waals surface area (Å²) in [5.74, 6) is 1.10. The molecule has 1 aliphatic rings. The fourth-order valence-electron chi connectivity index (χ4n) is 2.21. The number of thioether (sulfide) groups is 1. The minimum atomic E-state index is -0.173. The minimum absolute atomic E-state index is 0.173. The van der Waals surface area contributed by atoms with Gasteiger partial charge in [0.25, 0.3) is 5.91 Å². The molecule has 1 amide bonds. The summed E-state index contributed by atoms with van der Waals surface area (Å²) in [6, 6.07) is 13.7. The van der Waals surface area contributed by atoms with Crippen LogP contribution in [0.3, 0.4) is 0 Å². The number of carbonyl (C=O) groups is 1. The van der Waals surface area contributed by atoms with E-state index >= 15 is 0 Å². The lowest BCUT2D eigenvalue weighted by Gasteiger charge is -2.11. The number of methoxy groups -OCH3 is 1. The number of ether oxygens (including phenoxy) is 2. The van der Waals surface area contributed by atoms with Gasteiger partial charge in [0.15, 0.2) is 11.5 Å². The molecule has 1 saturated heterocycles. The summed E-state index contributed by atoms with van der Waals surface area (Å²) in [6.45, 7) is 0.459. The molecule has 0 radical (unpaired) electrons. The smallest absolute Gasteiger partial charge is 0.263 e. The van der Waals surface area contributed by atoms with Gasteiger partial charge in [-0.1, -0.05) is 42.2 Å². The fourth-order valence-corrected chi connectivity index (χ4v) is 3.61. The zero-order valence-corrected chi connectivity index (χ0v) is 17.0. The summed E-state index contributed by atoms with van der Waals surface area (Å²) in [7, 11) is 1.59. The van der Waals surface area contributed by atoms with Crippen molar-refractivity contribution in [2.45, 2.75) is 6.61 Å². The van der Waals surface area contributed by atoms with Gasteiger partial charge in [-0.3, -0.25) is 4.79 Å². The van der Waals surface area contributed by atoms with Gasteiger partial charge in [0.05, 0.1) is 12.0 Å². The largest absolute Gasteiger partial charge is 0.493 e. The Balaban J connectivity index is 1.75. The van der Waals surface area contributed by atoms with E-state index in [4.69, 9.17) is 21.7 Å². The average Bonchev–Trinajstić information content (AvgIpc) is 2.92. The maximum absolute atomic E-state index is 11.7. The van der Waals surface area contributed by atoms with Crippen LogP contribution < -0.4 is 14.8 Å². The number of hydrogen-bond acceptors (Lipinski definition) is 5. The van der Waals surface area contributed by atoms with E-state index in [1.807, 2.05) is 42.5 Å². The monoisotopic (exact) mass is 483 g/mol. The van der Waals surface area contributed by atoms with Gasteiger partial charge in [-0.2, -0.15) is 0 Å². The maximum Gasteiger partial charge on any atom is 0.263 e.